The van der Waals surface area contributed by atoms with Crippen LogP contribution in [0.2, 0.25) is 0 Å². The molecular formula is C9H15N3O5S2. The van der Waals surface area contributed by atoms with E-state index in [2.05, 4.69) is 14.9 Å². The monoisotopic (exact) mass is 309 g/mol. The molecule has 0 fully saturated rings. The molecule has 10 heteroatoms. The second kappa shape index (κ2) is 6.26. The number of hydrogen-bond acceptors (Lipinski definition) is 5. The van der Waals surface area contributed by atoms with Crippen LogP contribution < -0.4 is 4.72 Å². The minimum atomic E-state index is -3.96. The normalized spacial score (nSPS) is 15.1. The highest BCUT2D eigenvalue weighted by atomic mass is 32.2. The summed E-state index contributed by atoms with van der Waals surface area (Å²) < 4.78 is 37.1. The van der Waals surface area contributed by atoms with E-state index in [1.54, 1.807) is 6.92 Å². The molecule has 0 amide bonds. The van der Waals surface area contributed by atoms with E-state index in [4.69, 9.17) is 5.11 Å². The van der Waals surface area contributed by atoms with Gasteiger partial charge in [-0.2, -0.15) is 5.10 Å². The molecule has 1 heterocycles. The van der Waals surface area contributed by atoms with E-state index < -0.39 is 37.4 Å². The molecule has 1 aromatic heterocycles. The predicted octanol–water partition coefficient (Wildman–Crippen LogP) is -0.457. The third kappa shape index (κ3) is 4.11. The average molecular weight is 309 g/mol. The Morgan fingerprint density at radius 3 is 2.79 bits per heavy atom. The van der Waals surface area contributed by atoms with E-state index in [0.29, 0.717) is 6.42 Å². The van der Waals surface area contributed by atoms with Crippen LogP contribution in [0.25, 0.3) is 0 Å². The van der Waals surface area contributed by atoms with E-state index in [-0.39, 0.29) is 11.8 Å². The van der Waals surface area contributed by atoms with Gasteiger partial charge in [-0.15, -0.1) is 0 Å². The van der Waals surface area contributed by atoms with Crippen molar-refractivity contribution in [3.05, 3.63) is 11.8 Å². The van der Waals surface area contributed by atoms with Gasteiger partial charge in [-0.3, -0.25) is 9.31 Å². The summed E-state index contributed by atoms with van der Waals surface area (Å²) in [5.41, 5.74) is -0.417. The minimum absolute atomic E-state index is 0.0706. The van der Waals surface area contributed by atoms with Crippen LogP contribution in [-0.2, 0) is 20.8 Å². The van der Waals surface area contributed by atoms with Crippen LogP contribution in [0.4, 0.5) is 0 Å². The van der Waals surface area contributed by atoms with Crippen LogP contribution in [-0.4, -0.2) is 52.0 Å². The first-order valence-electron chi connectivity index (χ1n) is 5.34. The standard InChI is InChI=1S/C9H15N3O5S2/c1-6(18(2)15)3-4-11-19(16,17)8-7(9(13)14)5-10-12-8/h5-6,11H,3-4H2,1-2H3,(H,10,12)(H,13,14). The third-order valence-corrected chi connectivity index (χ3v) is 5.31. The Morgan fingerprint density at radius 2 is 2.26 bits per heavy atom. The lowest BCUT2D eigenvalue weighted by Gasteiger charge is -2.09. The molecule has 8 nitrogen and oxygen atoms in total. The van der Waals surface area contributed by atoms with E-state index in [0.717, 1.165) is 6.20 Å². The van der Waals surface area contributed by atoms with E-state index in [9.17, 15) is 17.4 Å². The molecule has 108 valence electrons. The largest absolute Gasteiger partial charge is 0.478 e. The maximum atomic E-state index is 11.8. The van der Waals surface area contributed by atoms with Crippen LogP contribution in [0.1, 0.15) is 23.7 Å². The number of hydrogen-bond donors (Lipinski definition) is 3. The van der Waals surface area contributed by atoms with Crippen LogP contribution in [0.3, 0.4) is 0 Å². The van der Waals surface area contributed by atoms with Gasteiger partial charge in [0.1, 0.15) is 5.56 Å². The summed E-state index contributed by atoms with van der Waals surface area (Å²) in [4.78, 5) is 10.8. The smallest absolute Gasteiger partial charge is 0.340 e. The summed E-state index contributed by atoms with van der Waals surface area (Å²) in [5.74, 6) is -1.38. The molecule has 0 aromatic carbocycles. The zero-order valence-electron chi connectivity index (χ0n) is 10.4. The summed E-state index contributed by atoms with van der Waals surface area (Å²) >= 11 is 0. The molecule has 19 heavy (non-hydrogen) atoms. The minimum Gasteiger partial charge on any atom is -0.478 e. The molecular weight excluding hydrogens is 294 g/mol. The van der Waals surface area contributed by atoms with Crippen molar-refractivity contribution >= 4 is 26.8 Å². The summed E-state index contributed by atoms with van der Waals surface area (Å²) in [5, 5.41) is 13.7. The Bertz CT molecular complexity index is 580. The van der Waals surface area contributed by atoms with Crippen LogP contribution >= 0.6 is 0 Å². The van der Waals surface area contributed by atoms with Gasteiger partial charge >= 0.3 is 5.97 Å². The van der Waals surface area contributed by atoms with Gasteiger partial charge in [-0.25, -0.2) is 17.9 Å². The number of nitrogens with zero attached hydrogens (tertiary/aromatic N) is 1. The van der Waals surface area contributed by atoms with Crippen molar-refractivity contribution in [3.63, 3.8) is 0 Å². The van der Waals surface area contributed by atoms with Gasteiger partial charge in [0.05, 0.1) is 6.20 Å². The fraction of sp³-hybridized carbons (Fsp3) is 0.556. The molecule has 1 rings (SSSR count). The second-order valence-electron chi connectivity index (χ2n) is 3.91. The van der Waals surface area contributed by atoms with Gasteiger partial charge in [0.25, 0.3) is 10.0 Å². The first-order chi connectivity index (χ1) is 8.75. The molecule has 0 spiro atoms. The fourth-order valence-electron chi connectivity index (χ4n) is 1.27. The highest BCUT2D eigenvalue weighted by molar-refractivity contribution is 7.89. The Morgan fingerprint density at radius 1 is 1.63 bits per heavy atom. The van der Waals surface area contributed by atoms with Crippen molar-refractivity contribution in [2.75, 3.05) is 12.8 Å². The zero-order chi connectivity index (χ0) is 14.6. The Kier molecular flexibility index (Phi) is 5.20. The fourth-order valence-corrected chi connectivity index (χ4v) is 2.85. The number of aromatic nitrogens is 2. The zero-order valence-corrected chi connectivity index (χ0v) is 12.0. The van der Waals surface area contributed by atoms with Crippen molar-refractivity contribution in [2.24, 2.45) is 0 Å². The summed E-state index contributed by atoms with van der Waals surface area (Å²) in [6, 6.07) is 0. The maximum absolute atomic E-state index is 11.8. The Balaban J connectivity index is 2.74. The summed E-state index contributed by atoms with van der Waals surface area (Å²) in [7, 11) is -5.00. The topological polar surface area (TPSA) is 129 Å². The number of carbonyl (C=O) groups is 1. The number of sulfonamides is 1. The number of aromatic carboxylic acids is 1. The van der Waals surface area contributed by atoms with Gasteiger partial charge in [-0.05, 0) is 6.42 Å². The van der Waals surface area contributed by atoms with Gasteiger partial charge < -0.3 is 5.11 Å². The van der Waals surface area contributed by atoms with Crippen molar-refractivity contribution in [1.82, 2.24) is 14.9 Å². The molecule has 0 aliphatic heterocycles. The molecule has 0 aliphatic carbocycles. The lowest BCUT2D eigenvalue weighted by Crippen LogP contribution is -2.29. The third-order valence-electron chi connectivity index (χ3n) is 2.51. The predicted molar refractivity (Wildman–Crippen MR) is 68.9 cm³/mol. The summed E-state index contributed by atoms with van der Waals surface area (Å²) in [6.07, 6.45) is 2.86. The van der Waals surface area contributed by atoms with Gasteiger partial charge in [-0.1, -0.05) is 6.92 Å². The SMILES string of the molecule is CC(CCNS(=O)(=O)c1[nH]ncc1C(=O)O)S(C)=O. The molecule has 1 aromatic rings. The molecule has 2 atom stereocenters. The van der Waals surface area contributed by atoms with Crippen molar-refractivity contribution in [2.45, 2.75) is 23.6 Å². The lowest BCUT2D eigenvalue weighted by atomic mass is 10.3. The van der Waals surface area contributed by atoms with Crippen LogP contribution in [0.15, 0.2) is 11.2 Å². The molecule has 0 bridgehead atoms. The molecule has 0 aliphatic rings. The molecule has 0 saturated carbocycles. The average Bonchev–Trinajstić information content (AvgIpc) is 2.77. The number of aromatic amines is 1. The van der Waals surface area contributed by atoms with Gasteiger partial charge in [0, 0.05) is 28.9 Å². The van der Waals surface area contributed by atoms with Crippen molar-refractivity contribution < 1.29 is 22.5 Å². The highest BCUT2D eigenvalue weighted by Crippen LogP contribution is 2.11. The van der Waals surface area contributed by atoms with Gasteiger partial charge in [0.15, 0.2) is 5.03 Å². The first kappa shape index (κ1) is 15.8. The molecule has 0 radical (unpaired) electrons. The number of nitrogens with one attached hydrogen (secondary N) is 2. The number of carboxylic acid groups (broad SMARTS) is 1. The van der Waals surface area contributed by atoms with Crippen LogP contribution in [0, 0.1) is 0 Å². The first-order valence-corrected chi connectivity index (χ1v) is 8.44. The molecule has 0 saturated heterocycles. The quantitative estimate of drug-likeness (QED) is 0.625. The van der Waals surface area contributed by atoms with Crippen molar-refractivity contribution in [1.29, 1.82) is 0 Å². The highest BCUT2D eigenvalue weighted by Gasteiger charge is 2.24. The Labute approximate surface area is 113 Å². The number of carboxylic acids is 1. The van der Waals surface area contributed by atoms with E-state index in [1.807, 2.05) is 0 Å². The van der Waals surface area contributed by atoms with E-state index >= 15 is 0 Å². The Hall–Kier alpha value is -1.26. The second-order valence-corrected chi connectivity index (χ2v) is 7.42. The van der Waals surface area contributed by atoms with E-state index in [1.165, 1.54) is 6.26 Å². The van der Waals surface area contributed by atoms with Crippen molar-refractivity contribution in [3.8, 4) is 0 Å². The van der Waals surface area contributed by atoms with Gasteiger partial charge in [0.2, 0.25) is 0 Å². The maximum Gasteiger partial charge on any atom is 0.340 e. The summed E-state index contributed by atoms with van der Waals surface area (Å²) in [6.45, 7) is 1.81. The lowest BCUT2D eigenvalue weighted by molar-refractivity contribution is 0.0692. The van der Waals surface area contributed by atoms with Crippen LogP contribution in [0.5, 0.6) is 0 Å². The number of rotatable bonds is 7. The number of H-pyrrole nitrogens is 1. The molecule has 2 unspecified atom stereocenters. The molecule has 3 N–H and O–H groups in total.